The third kappa shape index (κ3) is 3.41. The summed E-state index contributed by atoms with van der Waals surface area (Å²) in [5.41, 5.74) is 2.82. The van der Waals surface area contributed by atoms with Crippen molar-refractivity contribution in [3.05, 3.63) is 35.4 Å². The summed E-state index contributed by atoms with van der Waals surface area (Å²) in [4.78, 5) is 11.7. The van der Waals surface area contributed by atoms with Gasteiger partial charge in [0.2, 0.25) is 5.91 Å². The maximum atomic E-state index is 11.7. The molecule has 2 unspecified atom stereocenters. The second-order valence-electron chi connectivity index (χ2n) is 7.49. The van der Waals surface area contributed by atoms with E-state index in [0.717, 1.165) is 6.42 Å². The average molecular weight is 273 g/mol. The Kier molecular flexibility index (Phi) is 4.22. The highest BCUT2D eigenvalue weighted by Gasteiger charge is 2.33. The number of benzene rings is 1. The molecular weight excluding hydrogens is 246 g/mol. The van der Waals surface area contributed by atoms with E-state index in [0.29, 0.717) is 24.3 Å². The van der Waals surface area contributed by atoms with Gasteiger partial charge in [0.05, 0.1) is 0 Å². The first kappa shape index (κ1) is 15.1. The van der Waals surface area contributed by atoms with E-state index in [1.807, 2.05) is 0 Å². The van der Waals surface area contributed by atoms with Gasteiger partial charge >= 0.3 is 0 Å². The number of carbonyl (C=O) groups is 1. The minimum absolute atomic E-state index is 0.180. The predicted octanol–water partition coefficient (Wildman–Crippen LogP) is 4.00. The van der Waals surface area contributed by atoms with Crippen molar-refractivity contribution in [1.82, 2.24) is 5.32 Å². The molecular formula is C18H27NO. The smallest absolute Gasteiger partial charge is 0.220 e. The van der Waals surface area contributed by atoms with Gasteiger partial charge in [0.15, 0.2) is 0 Å². The Hall–Kier alpha value is -1.31. The Morgan fingerprint density at radius 1 is 1.20 bits per heavy atom. The summed E-state index contributed by atoms with van der Waals surface area (Å²) >= 11 is 0. The summed E-state index contributed by atoms with van der Waals surface area (Å²) in [6, 6.07) is 9.13. The first-order valence-corrected chi connectivity index (χ1v) is 7.67. The molecule has 1 aromatic rings. The molecule has 0 aliphatic carbocycles. The molecule has 0 aromatic heterocycles. The molecule has 0 saturated carbocycles. The normalized spacial score (nSPS) is 23.2. The van der Waals surface area contributed by atoms with Gasteiger partial charge < -0.3 is 5.32 Å². The van der Waals surface area contributed by atoms with Gasteiger partial charge in [-0.1, -0.05) is 58.9 Å². The van der Waals surface area contributed by atoms with Crippen LogP contribution < -0.4 is 5.32 Å². The minimum atomic E-state index is 0.180. The molecule has 1 aliphatic rings. The van der Waals surface area contributed by atoms with Gasteiger partial charge in [-0.2, -0.15) is 0 Å². The lowest BCUT2D eigenvalue weighted by Crippen LogP contribution is -2.29. The molecule has 2 nitrogen and oxygen atoms in total. The highest BCUT2D eigenvalue weighted by Crippen LogP contribution is 2.33. The lowest BCUT2D eigenvalue weighted by molar-refractivity contribution is -0.119. The molecule has 0 spiro atoms. The van der Waals surface area contributed by atoms with E-state index in [-0.39, 0.29) is 11.3 Å². The third-order valence-electron chi connectivity index (χ3n) is 4.17. The van der Waals surface area contributed by atoms with Crippen molar-refractivity contribution >= 4 is 5.91 Å². The van der Waals surface area contributed by atoms with Crippen molar-refractivity contribution < 1.29 is 4.79 Å². The summed E-state index contributed by atoms with van der Waals surface area (Å²) < 4.78 is 0. The van der Waals surface area contributed by atoms with Crippen LogP contribution >= 0.6 is 0 Å². The first-order chi connectivity index (χ1) is 9.27. The van der Waals surface area contributed by atoms with Crippen molar-refractivity contribution in [2.45, 2.75) is 64.8 Å². The second kappa shape index (κ2) is 5.59. The third-order valence-corrected chi connectivity index (χ3v) is 4.17. The molecule has 1 aromatic carbocycles. The molecule has 2 heteroatoms. The van der Waals surface area contributed by atoms with Crippen LogP contribution in [0.3, 0.4) is 0 Å². The van der Waals surface area contributed by atoms with Crippen molar-refractivity contribution in [2.75, 3.05) is 0 Å². The monoisotopic (exact) mass is 273 g/mol. The van der Waals surface area contributed by atoms with E-state index < -0.39 is 0 Å². The number of carbonyl (C=O) groups excluding carboxylic acids is 1. The Bertz CT molecular complexity index is 467. The van der Waals surface area contributed by atoms with Crippen LogP contribution in [0.15, 0.2) is 24.3 Å². The van der Waals surface area contributed by atoms with E-state index >= 15 is 0 Å². The zero-order chi connectivity index (χ0) is 14.9. The second-order valence-corrected chi connectivity index (χ2v) is 7.49. The quantitative estimate of drug-likeness (QED) is 0.886. The Labute approximate surface area is 123 Å². The fourth-order valence-corrected chi connectivity index (χ4v) is 3.02. The fraction of sp³-hybridized carbons (Fsp3) is 0.611. The molecule has 2 rings (SSSR count). The van der Waals surface area contributed by atoms with Crippen LogP contribution in [0.5, 0.6) is 0 Å². The van der Waals surface area contributed by atoms with Gasteiger partial charge in [-0.3, -0.25) is 4.79 Å². The van der Waals surface area contributed by atoms with Crippen LogP contribution in [0.1, 0.15) is 64.5 Å². The van der Waals surface area contributed by atoms with Crippen LogP contribution in [-0.4, -0.2) is 11.9 Å². The van der Waals surface area contributed by atoms with Gasteiger partial charge in [-0.05, 0) is 28.9 Å². The molecule has 1 N–H and O–H groups in total. The Morgan fingerprint density at radius 2 is 1.80 bits per heavy atom. The molecule has 20 heavy (non-hydrogen) atoms. The molecule has 0 radical (unpaired) electrons. The van der Waals surface area contributed by atoms with E-state index in [1.54, 1.807) is 0 Å². The number of nitrogens with one attached hydrogen (secondary N) is 1. The van der Waals surface area contributed by atoms with Gasteiger partial charge in [0, 0.05) is 18.4 Å². The number of amides is 1. The van der Waals surface area contributed by atoms with Crippen LogP contribution in [-0.2, 0) is 10.2 Å². The molecule has 110 valence electrons. The van der Waals surface area contributed by atoms with Crippen LogP contribution in [0, 0.1) is 5.92 Å². The highest BCUT2D eigenvalue weighted by atomic mass is 16.2. The summed E-state index contributed by atoms with van der Waals surface area (Å²) in [7, 11) is 0. The van der Waals surface area contributed by atoms with Gasteiger partial charge in [-0.15, -0.1) is 0 Å². The molecule has 0 bridgehead atoms. The van der Waals surface area contributed by atoms with Gasteiger partial charge in [0.1, 0.15) is 0 Å². The van der Waals surface area contributed by atoms with Gasteiger partial charge in [0.25, 0.3) is 0 Å². The van der Waals surface area contributed by atoms with Crippen LogP contribution in [0.4, 0.5) is 0 Å². The summed E-state index contributed by atoms with van der Waals surface area (Å²) in [6.07, 6.45) is 1.68. The maximum absolute atomic E-state index is 11.7. The van der Waals surface area contributed by atoms with E-state index in [2.05, 4.69) is 64.2 Å². The summed E-state index contributed by atoms with van der Waals surface area (Å²) in [5, 5.41) is 3.14. The minimum Gasteiger partial charge on any atom is -0.353 e. The van der Waals surface area contributed by atoms with E-state index in [4.69, 9.17) is 0 Å². The van der Waals surface area contributed by atoms with Crippen molar-refractivity contribution in [1.29, 1.82) is 0 Å². The van der Waals surface area contributed by atoms with Gasteiger partial charge in [-0.25, -0.2) is 0 Å². The number of hydrogen-bond donors (Lipinski definition) is 1. The molecule has 1 fully saturated rings. The molecule has 1 saturated heterocycles. The topological polar surface area (TPSA) is 29.1 Å². The Morgan fingerprint density at radius 3 is 2.30 bits per heavy atom. The number of rotatable bonds is 3. The predicted molar refractivity (Wildman–Crippen MR) is 83.9 cm³/mol. The van der Waals surface area contributed by atoms with E-state index in [1.165, 1.54) is 11.1 Å². The zero-order valence-corrected chi connectivity index (χ0v) is 13.4. The SMILES string of the molecule is CC(C)CC1NC(=O)CC1c1ccc(C(C)(C)C)cc1. The average Bonchev–Trinajstić information content (AvgIpc) is 2.68. The first-order valence-electron chi connectivity index (χ1n) is 7.67. The molecule has 1 heterocycles. The lowest BCUT2D eigenvalue weighted by Gasteiger charge is -2.23. The standard InChI is InChI=1S/C18H27NO/c1-12(2)10-16-15(11-17(20)19-16)13-6-8-14(9-7-13)18(3,4)5/h6-9,12,15-16H,10-11H2,1-5H3,(H,19,20). The molecule has 2 atom stereocenters. The number of hydrogen-bond acceptors (Lipinski definition) is 1. The molecule has 1 amide bonds. The highest BCUT2D eigenvalue weighted by molar-refractivity contribution is 5.80. The van der Waals surface area contributed by atoms with Crippen molar-refractivity contribution in [3.63, 3.8) is 0 Å². The Balaban J connectivity index is 2.19. The zero-order valence-electron chi connectivity index (χ0n) is 13.4. The largest absolute Gasteiger partial charge is 0.353 e. The fourth-order valence-electron chi connectivity index (χ4n) is 3.02. The van der Waals surface area contributed by atoms with Crippen molar-refractivity contribution in [2.24, 2.45) is 5.92 Å². The summed E-state index contributed by atoms with van der Waals surface area (Å²) in [5.74, 6) is 1.13. The van der Waals surface area contributed by atoms with Crippen LogP contribution in [0.25, 0.3) is 0 Å². The van der Waals surface area contributed by atoms with E-state index in [9.17, 15) is 4.79 Å². The van der Waals surface area contributed by atoms with Crippen LogP contribution in [0.2, 0.25) is 0 Å². The maximum Gasteiger partial charge on any atom is 0.220 e. The summed E-state index contributed by atoms with van der Waals surface area (Å²) in [6.45, 7) is 11.1. The van der Waals surface area contributed by atoms with Crippen molar-refractivity contribution in [3.8, 4) is 0 Å². The lowest BCUT2D eigenvalue weighted by atomic mass is 9.83. The molecule has 1 aliphatic heterocycles.